The summed E-state index contributed by atoms with van der Waals surface area (Å²) < 4.78 is 36.6. The van der Waals surface area contributed by atoms with Gasteiger partial charge in [0.05, 0.1) is 36.0 Å². The molecule has 0 fully saturated rings. The van der Waals surface area contributed by atoms with E-state index in [9.17, 15) is 28.1 Å². The summed E-state index contributed by atoms with van der Waals surface area (Å²) in [5.74, 6) is -1.63. The van der Waals surface area contributed by atoms with Gasteiger partial charge in [-0.05, 0) is 24.3 Å². The monoisotopic (exact) mass is 394 g/mol. The average molecular weight is 394 g/mol. The van der Waals surface area contributed by atoms with Crippen molar-refractivity contribution in [3.63, 3.8) is 0 Å². The number of anilines is 1. The maximum atomic E-state index is 12.7. The number of rotatable bonds is 6. The smallest absolute Gasteiger partial charge is 0.339 e. The second-order valence-electron chi connectivity index (χ2n) is 5.07. The van der Waals surface area contributed by atoms with Crippen LogP contribution in [-0.2, 0) is 19.5 Å². The lowest BCUT2D eigenvalue weighted by atomic mass is 10.1. The Morgan fingerprint density at radius 1 is 1.04 bits per heavy atom. The fourth-order valence-corrected chi connectivity index (χ4v) is 3.44. The molecule has 0 heterocycles. The minimum Gasteiger partial charge on any atom is -0.465 e. The Morgan fingerprint density at radius 2 is 1.67 bits per heavy atom. The molecule has 0 aliphatic rings. The van der Waals surface area contributed by atoms with Crippen LogP contribution in [0.5, 0.6) is 0 Å². The van der Waals surface area contributed by atoms with Crippen LogP contribution >= 0.6 is 0 Å². The van der Waals surface area contributed by atoms with E-state index >= 15 is 0 Å². The van der Waals surface area contributed by atoms with Gasteiger partial charge in [-0.1, -0.05) is 12.1 Å². The van der Waals surface area contributed by atoms with Crippen molar-refractivity contribution in [1.82, 2.24) is 0 Å². The van der Waals surface area contributed by atoms with Crippen LogP contribution in [0.3, 0.4) is 0 Å². The number of ether oxygens (including phenoxy) is 2. The molecule has 0 atom stereocenters. The molecule has 2 rings (SSSR count). The van der Waals surface area contributed by atoms with Crippen molar-refractivity contribution in [2.24, 2.45) is 0 Å². The van der Waals surface area contributed by atoms with Crippen LogP contribution in [0.15, 0.2) is 47.4 Å². The molecule has 10 nitrogen and oxygen atoms in total. The Balaban J connectivity index is 2.59. The van der Waals surface area contributed by atoms with Crippen LogP contribution in [0, 0.1) is 10.1 Å². The van der Waals surface area contributed by atoms with Gasteiger partial charge in [-0.2, -0.15) is 0 Å². The van der Waals surface area contributed by atoms with Gasteiger partial charge in [-0.3, -0.25) is 14.8 Å². The maximum Gasteiger partial charge on any atom is 0.339 e. The molecule has 0 aromatic heterocycles. The highest BCUT2D eigenvalue weighted by molar-refractivity contribution is 7.92. The van der Waals surface area contributed by atoms with E-state index in [0.29, 0.717) is 0 Å². The highest BCUT2D eigenvalue weighted by atomic mass is 32.2. The summed E-state index contributed by atoms with van der Waals surface area (Å²) in [5.41, 5.74) is -1.16. The summed E-state index contributed by atoms with van der Waals surface area (Å²) in [6, 6.07) is 8.20. The van der Waals surface area contributed by atoms with Crippen molar-refractivity contribution in [3.05, 3.63) is 63.7 Å². The number of hydrogen-bond acceptors (Lipinski definition) is 8. The van der Waals surface area contributed by atoms with Gasteiger partial charge >= 0.3 is 11.9 Å². The Bertz CT molecular complexity index is 1020. The van der Waals surface area contributed by atoms with Crippen LogP contribution in [0.4, 0.5) is 11.4 Å². The van der Waals surface area contributed by atoms with Crippen molar-refractivity contribution in [2.45, 2.75) is 4.90 Å². The highest BCUT2D eigenvalue weighted by Gasteiger charge is 2.27. The molecule has 27 heavy (non-hydrogen) atoms. The van der Waals surface area contributed by atoms with Crippen molar-refractivity contribution in [1.29, 1.82) is 0 Å². The molecule has 0 aliphatic heterocycles. The van der Waals surface area contributed by atoms with E-state index in [1.54, 1.807) is 0 Å². The molecule has 2 aromatic rings. The summed E-state index contributed by atoms with van der Waals surface area (Å²) >= 11 is 0. The van der Waals surface area contributed by atoms with E-state index in [1.807, 2.05) is 0 Å². The fourth-order valence-electron chi connectivity index (χ4n) is 2.20. The number of nitro groups is 1. The molecule has 2 aromatic carbocycles. The van der Waals surface area contributed by atoms with Gasteiger partial charge in [-0.25, -0.2) is 18.0 Å². The third kappa shape index (κ3) is 4.20. The first-order valence-corrected chi connectivity index (χ1v) is 8.76. The van der Waals surface area contributed by atoms with Gasteiger partial charge in [0.15, 0.2) is 4.90 Å². The second-order valence-corrected chi connectivity index (χ2v) is 6.72. The van der Waals surface area contributed by atoms with Gasteiger partial charge in [-0.15, -0.1) is 0 Å². The molecule has 142 valence electrons. The maximum absolute atomic E-state index is 12.7. The molecule has 0 spiro atoms. The first kappa shape index (κ1) is 19.8. The van der Waals surface area contributed by atoms with Gasteiger partial charge < -0.3 is 9.47 Å². The molecule has 0 unspecified atom stereocenters. The zero-order valence-corrected chi connectivity index (χ0v) is 15.0. The standard InChI is InChI=1S/C16H14N2O8S/c1-25-15(19)10-7-8-11(16(20)26-2)12(9-10)17-27(23,24)14-6-4-3-5-13(14)18(21)22/h3-9,17H,1-2H3. The second kappa shape index (κ2) is 7.83. The molecule has 0 bridgehead atoms. The van der Waals surface area contributed by atoms with E-state index < -0.39 is 37.5 Å². The summed E-state index contributed by atoms with van der Waals surface area (Å²) in [5, 5.41) is 11.1. The molecule has 0 aliphatic carbocycles. The van der Waals surface area contributed by atoms with Crippen LogP contribution in [0.1, 0.15) is 20.7 Å². The Hall–Kier alpha value is -3.47. The van der Waals surface area contributed by atoms with Crippen LogP contribution in [0.2, 0.25) is 0 Å². The third-order valence-electron chi connectivity index (χ3n) is 3.44. The lowest BCUT2D eigenvalue weighted by Crippen LogP contribution is -2.18. The van der Waals surface area contributed by atoms with Crippen molar-refractivity contribution in [3.8, 4) is 0 Å². The number of esters is 2. The normalized spacial score (nSPS) is 10.7. The zero-order valence-electron chi connectivity index (χ0n) is 14.2. The Labute approximate surface area is 153 Å². The highest BCUT2D eigenvalue weighted by Crippen LogP contribution is 2.27. The van der Waals surface area contributed by atoms with Crippen LogP contribution in [-0.4, -0.2) is 39.5 Å². The Morgan fingerprint density at radius 3 is 2.26 bits per heavy atom. The summed E-state index contributed by atoms with van der Waals surface area (Å²) in [6.45, 7) is 0. The minimum absolute atomic E-state index is 0.0367. The van der Waals surface area contributed by atoms with E-state index in [0.717, 1.165) is 32.4 Å². The number of hydrogen-bond donors (Lipinski definition) is 1. The first-order chi connectivity index (χ1) is 12.7. The van der Waals surface area contributed by atoms with Crippen molar-refractivity contribution < 1.29 is 32.4 Å². The molecule has 0 saturated carbocycles. The van der Waals surface area contributed by atoms with Crippen LogP contribution < -0.4 is 4.72 Å². The van der Waals surface area contributed by atoms with Gasteiger partial charge in [0.2, 0.25) is 0 Å². The van der Waals surface area contributed by atoms with Crippen molar-refractivity contribution in [2.75, 3.05) is 18.9 Å². The third-order valence-corrected chi connectivity index (χ3v) is 4.85. The van der Waals surface area contributed by atoms with E-state index in [2.05, 4.69) is 14.2 Å². The number of carbonyl (C=O) groups excluding carboxylic acids is 2. The van der Waals surface area contributed by atoms with Gasteiger partial charge in [0.1, 0.15) is 0 Å². The molecular weight excluding hydrogens is 380 g/mol. The summed E-state index contributed by atoms with van der Waals surface area (Å²) in [7, 11) is -2.23. The topological polar surface area (TPSA) is 142 Å². The molecule has 0 radical (unpaired) electrons. The number of nitrogens with zero attached hydrogens (tertiary/aromatic N) is 1. The summed E-state index contributed by atoms with van der Waals surface area (Å²) in [6.07, 6.45) is 0. The van der Waals surface area contributed by atoms with Gasteiger partial charge in [0.25, 0.3) is 15.7 Å². The quantitative estimate of drug-likeness (QED) is 0.445. The molecule has 11 heteroatoms. The van der Waals surface area contributed by atoms with Crippen LogP contribution in [0.25, 0.3) is 0 Å². The lowest BCUT2D eigenvalue weighted by Gasteiger charge is -2.13. The van der Waals surface area contributed by atoms with E-state index in [4.69, 9.17) is 0 Å². The SMILES string of the molecule is COC(=O)c1ccc(C(=O)OC)c(NS(=O)(=O)c2ccccc2[N+](=O)[O-])c1. The average Bonchev–Trinajstić information content (AvgIpc) is 2.66. The fraction of sp³-hybridized carbons (Fsp3) is 0.125. The minimum atomic E-state index is -4.45. The number of nitrogens with one attached hydrogen (secondary N) is 1. The lowest BCUT2D eigenvalue weighted by molar-refractivity contribution is -0.387. The predicted molar refractivity (Wildman–Crippen MR) is 93.0 cm³/mol. The largest absolute Gasteiger partial charge is 0.465 e. The molecule has 0 amide bonds. The number of benzene rings is 2. The Kier molecular flexibility index (Phi) is 5.75. The van der Waals surface area contributed by atoms with E-state index in [-0.39, 0.29) is 16.8 Å². The number of methoxy groups -OCH3 is 2. The summed E-state index contributed by atoms with van der Waals surface area (Å²) in [4.78, 5) is 33.2. The predicted octanol–water partition coefficient (Wildman–Crippen LogP) is 1.97. The zero-order chi connectivity index (χ0) is 20.2. The van der Waals surface area contributed by atoms with Gasteiger partial charge in [0, 0.05) is 6.07 Å². The van der Waals surface area contributed by atoms with E-state index in [1.165, 1.54) is 24.3 Å². The molecule has 1 N–H and O–H groups in total. The number of sulfonamides is 1. The van der Waals surface area contributed by atoms with Crippen molar-refractivity contribution >= 4 is 33.3 Å². The first-order valence-electron chi connectivity index (χ1n) is 7.28. The molecular formula is C16H14N2O8S. The number of nitro benzene ring substituents is 1. The number of carbonyl (C=O) groups is 2. The molecule has 0 saturated heterocycles. The number of para-hydroxylation sites is 1.